The van der Waals surface area contributed by atoms with E-state index in [0.717, 1.165) is 0 Å². The summed E-state index contributed by atoms with van der Waals surface area (Å²) in [5.41, 5.74) is 8.91. The first-order valence-electron chi connectivity index (χ1n) is 10.5. The van der Waals surface area contributed by atoms with Gasteiger partial charge in [-0.15, -0.1) is 0 Å². The number of nitrogens with two attached hydrogens (primary N) is 1. The normalized spacial score (nSPS) is 16.9. The molecule has 2 aliphatic rings. The number of primary amides is 1. The van der Waals surface area contributed by atoms with Gasteiger partial charge in [-0.2, -0.15) is 0 Å². The summed E-state index contributed by atoms with van der Waals surface area (Å²) in [7, 11) is 0. The molecule has 5 rings (SSSR count). The van der Waals surface area contributed by atoms with Gasteiger partial charge in [-0.25, -0.2) is 18.7 Å². The average molecular weight is 478 g/mol. The number of alkyl halides is 1. The maximum Gasteiger partial charge on any atom is 0.248 e. The lowest BCUT2D eigenvalue weighted by Crippen LogP contribution is -2.19. The molecular weight excluding hydrogens is 460 g/mol. The van der Waals surface area contributed by atoms with Gasteiger partial charge in [0.05, 0.1) is 18.0 Å². The molecule has 1 unspecified atom stereocenters. The predicted octanol–water partition coefficient (Wildman–Crippen LogP) is 5.46. The quantitative estimate of drug-likeness (QED) is 0.521. The number of allylic oxidation sites excluding steroid dienone is 4. The molecular formula is C25H18ClF2N5O. The second-order valence-electron chi connectivity index (χ2n) is 7.86. The zero-order chi connectivity index (χ0) is 23.8. The SMILES string of the molecule is NC(=O)c1ccc(Nc2ncc3c(n2)-c2ccc(Cl)cc2C(C2=C(F)C=CCC2F)=NC3)cc1. The van der Waals surface area contributed by atoms with Gasteiger partial charge in [0.25, 0.3) is 0 Å². The van der Waals surface area contributed by atoms with Crippen LogP contribution in [0, 0.1) is 0 Å². The van der Waals surface area contributed by atoms with E-state index in [-0.39, 0.29) is 24.3 Å². The van der Waals surface area contributed by atoms with Crippen molar-refractivity contribution in [1.29, 1.82) is 0 Å². The summed E-state index contributed by atoms with van der Waals surface area (Å²) in [6.07, 6.45) is 2.93. The summed E-state index contributed by atoms with van der Waals surface area (Å²) in [4.78, 5) is 24.9. The monoisotopic (exact) mass is 477 g/mol. The molecule has 0 fully saturated rings. The maximum absolute atomic E-state index is 14.8. The first-order chi connectivity index (χ1) is 16.4. The van der Waals surface area contributed by atoms with Gasteiger partial charge >= 0.3 is 0 Å². The summed E-state index contributed by atoms with van der Waals surface area (Å²) in [6, 6.07) is 11.7. The average Bonchev–Trinajstić information content (AvgIpc) is 2.96. The Bertz CT molecular complexity index is 1400. The van der Waals surface area contributed by atoms with Crippen LogP contribution in [0.3, 0.4) is 0 Å². The minimum absolute atomic E-state index is 0.0764. The number of hydrogen-bond acceptors (Lipinski definition) is 5. The lowest BCUT2D eigenvalue weighted by atomic mass is 9.90. The van der Waals surface area contributed by atoms with Crippen molar-refractivity contribution in [3.8, 4) is 11.3 Å². The largest absolute Gasteiger partial charge is 0.366 e. The third-order valence-corrected chi connectivity index (χ3v) is 5.86. The Morgan fingerprint density at radius 3 is 2.68 bits per heavy atom. The highest BCUT2D eigenvalue weighted by atomic mass is 35.5. The van der Waals surface area contributed by atoms with Gasteiger partial charge in [0.15, 0.2) is 0 Å². The molecule has 1 aliphatic heterocycles. The lowest BCUT2D eigenvalue weighted by molar-refractivity contribution is 0.100. The van der Waals surface area contributed by atoms with Gasteiger partial charge in [0.2, 0.25) is 11.9 Å². The van der Waals surface area contributed by atoms with Gasteiger partial charge in [-0.05, 0) is 42.5 Å². The number of aliphatic imine (C=N–C) groups is 1. The number of aromatic nitrogens is 2. The maximum atomic E-state index is 14.8. The van der Waals surface area contributed by atoms with Crippen molar-refractivity contribution in [3.05, 3.63) is 93.9 Å². The van der Waals surface area contributed by atoms with Crippen LogP contribution in [0.5, 0.6) is 0 Å². The molecule has 0 radical (unpaired) electrons. The molecule has 170 valence electrons. The van der Waals surface area contributed by atoms with E-state index in [9.17, 15) is 13.6 Å². The Morgan fingerprint density at radius 1 is 1.15 bits per heavy atom. The van der Waals surface area contributed by atoms with Crippen LogP contribution in [0.1, 0.15) is 27.9 Å². The van der Waals surface area contributed by atoms with Crippen molar-refractivity contribution in [2.24, 2.45) is 10.7 Å². The van der Waals surface area contributed by atoms with E-state index in [4.69, 9.17) is 17.3 Å². The number of nitrogens with zero attached hydrogens (tertiary/aromatic N) is 3. The van der Waals surface area contributed by atoms with Gasteiger partial charge in [-0.3, -0.25) is 9.79 Å². The molecule has 0 saturated heterocycles. The molecule has 1 aromatic heterocycles. The van der Waals surface area contributed by atoms with Crippen molar-refractivity contribution in [2.45, 2.75) is 19.1 Å². The number of nitrogens with one attached hydrogen (secondary N) is 1. The minimum Gasteiger partial charge on any atom is -0.366 e. The molecule has 0 saturated carbocycles. The number of rotatable bonds is 4. The third kappa shape index (κ3) is 4.08. The van der Waals surface area contributed by atoms with Crippen LogP contribution in [0.15, 0.2) is 77.2 Å². The van der Waals surface area contributed by atoms with E-state index in [0.29, 0.717) is 44.6 Å². The summed E-state index contributed by atoms with van der Waals surface area (Å²) >= 11 is 6.26. The van der Waals surface area contributed by atoms with E-state index in [1.165, 1.54) is 12.2 Å². The summed E-state index contributed by atoms with van der Waals surface area (Å²) in [6.45, 7) is 0.151. The van der Waals surface area contributed by atoms with E-state index in [1.54, 1.807) is 48.7 Å². The number of fused-ring (bicyclic) bond motifs is 3. The first kappa shape index (κ1) is 21.9. The Hall–Kier alpha value is -3.91. The molecule has 3 aromatic rings. The number of halogens is 3. The minimum atomic E-state index is -1.51. The zero-order valence-electron chi connectivity index (χ0n) is 17.7. The van der Waals surface area contributed by atoms with E-state index in [2.05, 4.69) is 20.3 Å². The fraction of sp³-hybridized carbons (Fsp3) is 0.120. The van der Waals surface area contributed by atoms with Crippen molar-refractivity contribution < 1.29 is 13.6 Å². The first-order valence-corrected chi connectivity index (χ1v) is 10.9. The molecule has 34 heavy (non-hydrogen) atoms. The number of carbonyl (C=O) groups excluding carboxylic acids is 1. The van der Waals surface area contributed by atoms with Gasteiger partial charge < -0.3 is 11.1 Å². The van der Waals surface area contributed by atoms with Crippen LogP contribution in [0.2, 0.25) is 5.02 Å². The number of hydrogen-bond donors (Lipinski definition) is 2. The topological polar surface area (TPSA) is 93.3 Å². The second-order valence-corrected chi connectivity index (χ2v) is 8.29. The van der Waals surface area contributed by atoms with Gasteiger partial charge in [0, 0.05) is 51.2 Å². The molecule has 9 heteroatoms. The predicted molar refractivity (Wildman–Crippen MR) is 128 cm³/mol. The smallest absolute Gasteiger partial charge is 0.248 e. The fourth-order valence-electron chi connectivity index (χ4n) is 3.97. The standard InChI is InChI=1S/C25H18ClF2N5O/c26-15-6-9-17-18(10-15)23(21-19(27)2-1-3-20(21)28)30-11-14-12-31-25(33-22(14)17)32-16-7-4-13(5-8-16)24(29)34/h1-2,4-10,12,20H,3,11H2,(H2,29,34)(H,31,32,33). The van der Waals surface area contributed by atoms with Crippen LogP contribution in [-0.4, -0.2) is 27.8 Å². The number of carbonyl (C=O) groups is 1. The highest BCUT2D eigenvalue weighted by Gasteiger charge is 2.29. The van der Waals surface area contributed by atoms with E-state index >= 15 is 0 Å². The molecule has 2 aromatic carbocycles. The lowest BCUT2D eigenvalue weighted by Gasteiger charge is -2.19. The van der Waals surface area contributed by atoms with Crippen molar-refractivity contribution in [2.75, 3.05) is 5.32 Å². The Labute approximate surface area is 198 Å². The Kier molecular flexibility index (Phi) is 5.67. The highest BCUT2D eigenvalue weighted by molar-refractivity contribution is 6.31. The van der Waals surface area contributed by atoms with Crippen molar-refractivity contribution in [3.63, 3.8) is 0 Å². The Balaban J connectivity index is 1.57. The van der Waals surface area contributed by atoms with Crippen LogP contribution in [0.25, 0.3) is 11.3 Å². The number of amides is 1. The summed E-state index contributed by atoms with van der Waals surface area (Å²) in [5.74, 6) is -0.860. The molecule has 2 heterocycles. The van der Waals surface area contributed by atoms with Crippen molar-refractivity contribution in [1.82, 2.24) is 9.97 Å². The van der Waals surface area contributed by atoms with Crippen LogP contribution >= 0.6 is 11.6 Å². The van der Waals surface area contributed by atoms with Crippen molar-refractivity contribution >= 4 is 34.9 Å². The van der Waals surface area contributed by atoms with Crippen LogP contribution in [0.4, 0.5) is 20.4 Å². The molecule has 1 atom stereocenters. The van der Waals surface area contributed by atoms with E-state index in [1.807, 2.05) is 0 Å². The van der Waals surface area contributed by atoms with Crippen LogP contribution < -0.4 is 11.1 Å². The molecule has 1 amide bonds. The number of anilines is 2. The second kappa shape index (κ2) is 8.79. The molecule has 0 spiro atoms. The van der Waals surface area contributed by atoms with Gasteiger partial charge in [0.1, 0.15) is 12.0 Å². The van der Waals surface area contributed by atoms with E-state index < -0.39 is 17.9 Å². The third-order valence-electron chi connectivity index (χ3n) is 5.62. The zero-order valence-corrected chi connectivity index (χ0v) is 18.5. The number of benzene rings is 2. The van der Waals surface area contributed by atoms with Gasteiger partial charge in [-0.1, -0.05) is 23.7 Å². The highest BCUT2D eigenvalue weighted by Crippen LogP contribution is 2.36. The summed E-state index contributed by atoms with van der Waals surface area (Å²) in [5, 5.41) is 3.51. The molecule has 6 nitrogen and oxygen atoms in total. The molecule has 3 N–H and O–H groups in total. The summed E-state index contributed by atoms with van der Waals surface area (Å²) < 4.78 is 29.5. The van der Waals surface area contributed by atoms with Crippen LogP contribution in [-0.2, 0) is 6.54 Å². The molecule has 1 aliphatic carbocycles. The molecule has 0 bridgehead atoms. The fourth-order valence-corrected chi connectivity index (χ4v) is 4.14. The Morgan fingerprint density at radius 2 is 1.94 bits per heavy atom.